The minimum absolute atomic E-state index is 0.0400. The van der Waals surface area contributed by atoms with E-state index in [4.69, 9.17) is 4.42 Å². The molecule has 1 amide bonds. The molecule has 0 bridgehead atoms. The maximum atomic E-state index is 13.6. The fraction of sp³-hybridized carbons (Fsp3) is 0.167. The minimum atomic E-state index is 0.0400. The molecule has 0 N–H and O–H groups in total. The highest BCUT2D eigenvalue weighted by atomic mass is 16.3. The van der Waals surface area contributed by atoms with Gasteiger partial charge in [-0.3, -0.25) is 9.69 Å². The Bertz CT molecular complexity index is 1170. The van der Waals surface area contributed by atoms with Crippen molar-refractivity contribution in [2.45, 2.75) is 6.04 Å². The fourth-order valence-corrected chi connectivity index (χ4v) is 4.64. The highest BCUT2D eigenvalue weighted by Crippen LogP contribution is 2.30. The normalized spacial score (nSPS) is 15.0. The molecule has 4 heteroatoms. The van der Waals surface area contributed by atoms with E-state index in [1.807, 2.05) is 53.4 Å². The summed E-state index contributed by atoms with van der Waals surface area (Å²) in [5.74, 6) is 0.720. The summed E-state index contributed by atoms with van der Waals surface area (Å²) in [6.45, 7) is 2.97. The summed E-state index contributed by atoms with van der Waals surface area (Å²) in [5.41, 5.74) is 4.11. The molecule has 0 aliphatic carbocycles. The van der Waals surface area contributed by atoms with Crippen LogP contribution in [0.2, 0.25) is 0 Å². The van der Waals surface area contributed by atoms with Crippen molar-refractivity contribution in [2.75, 3.05) is 26.2 Å². The summed E-state index contributed by atoms with van der Waals surface area (Å²) in [4.78, 5) is 18.1. The van der Waals surface area contributed by atoms with Crippen LogP contribution >= 0.6 is 0 Å². The maximum absolute atomic E-state index is 13.6. The standard InChI is InChI=1S/C30H28N2O2/c33-30(28(23-27-17-10-22-34-27)24-11-4-1-5-12-24)32-20-18-31(19-21-32)29(25-13-6-2-7-14-25)26-15-8-3-9-16-26/h1-17,22-23,29H,18-21H2/b28-23+. The van der Waals surface area contributed by atoms with E-state index in [-0.39, 0.29) is 11.9 Å². The first kappa shape index (κ1) is 21.9. The van der Waals surface area contributed by atoms with Crippen LogP contribution in [0.4, 0.5) is 0 Å². The van der Waals surface area contributed by atoms with Crippen molar-refractivity contribution in [3.8, 4) is 0 Å². The first-order valence-corrected chi connectivity index (χ1v) is 11.7. The van der Waals surface area contributed by atoms with E-state index < -0.39 is 0 Å². The topological polar surface area (TPSA) is 36.7 Å². The van der Waals surface area contributed by atoms with Crippen molar-refractivity contribution in [1.29, 1.82) is 0 Å². The average molecular weight is 449 g/mol. The molecule has 1 aliphatic heterocycles. The Kier molecular flexibility index (Phi) is 6.68. The second-order valence-electron chi connectivity index (χ2n) is 8.49. The summed E-state index contributed by atoms with van der Waals surface area (Å²) in [6, 6.07) is 35.0. The zero-order chi connectivity index (χ0) is 23.2. The first-order chi connectivity index (χ1) is 16.8. The van der Waals surface area contributed by atoms with Gasteiger partial charge >= 0.3 is 0 Å². The van der Waals surface area contributed by atoms with Crippen LogP contribution in [0, 0.1) is 0 Å². The number of hydrogen-bond donors (Lipinski definition) is 0. The Balaban J connectivity index is 1.36. The Labute approximate surface area is 200 Å². The average Bonchev–Trinajstić information content (AvgIpc) is 3.43. The molecule has 0 spiro atoms. The molecule has 2 heterocycles. The number of furan rings is 1. The summed E-state index contributed by atoms with van der Waals surface area (Å²) >= 11 is 0. The molecule has 1 saturated heterocycles. The van der Waals surface area contributed by atoms with E-state index in [0.29, 0.717) is 24.4 Å². The molecule has 0 radical (unpaired) electrons. The van der Waals surface area contributed by atoms with Crippen LogP contribution in [0.15, 0.2) is 114 Å². The molecule has 34 heavy (non-hydrogen) atoms. The SMILES string of the molecule is O=C(/C(=C/c1ccco1)c1ccccc1)N1CCN(C(c2ccccc2)c2ccccc2)CC1. The molecule has 4 aromatic rings. The molecular weight excluding hydrogens is 420 g/mol. The molecule has 0 unspecified atom stereocenters. The molecular formula is C30H28N2O2. The molecule has 1 fully saturated rings. The predicted octanol–water partition coefficient (Wildman–Crippen LogP) is 5.75. The quantitative estimate of drug-likeness (QED) is 0.352. The van der Waals surface area contributed by atoms with Crippen LogP contribution in [0.1, 0.15) is 28.5 Å². The first-order valence-electron chi connectivity index (χ1n) is 11.7. The van der Waals surface area contributed by atoms with Gasteiger partial charge in [-0.05, 0) is 34.9 Å². The molecule has 3 aromatic carbocycles. The van der Waals surface area contributed by atoms with E-state index in [9.17, 15) is 4.79 Å². The lowest BCUT2D eigenvalue weighted by atomic mass is 9.96. The van der Waals surface area contributed by atoms with Gasteiger partial charge in [0.2, 0.25) is 0 Å². The third kappa shape index (κ3) is 4.87. The van der Waals surface area contributed by atoms with Crippen molar-refractivity contribution in [3.05, 3.63) is 132 Å². The van der Waals surface area contributed by atoms with E-state index in [1.54, 1.807) is 6.26 Å². The van der Waals surface area contributed by atoms with Gasteiger partial charge in [-0.1, -0.05) is 91.0 Å². The summed E-state index contributed by atoms with van der Waals surface area (Å²) < 4.78 is 5.51. The van der Waals surface area contributed by atoms with Gasteiger partial charge in [0.05, 0.1) is 17.9 Å². The molecule has 1 aliphatic rings. The van der Waals surface area contributed by atoms with Gasteiger partial charge in [-0.25, -0.2) is 0 Å². The number of hydrogen-bond acceptors (Lipinski definition) is 3. The lowest BCUT2D eigenvalue weighted by molar-refractivity contribution is -0.126. The summed E-state index contributed by atoms with van der Waals surface area (Å²) in [7, 11) is 0. The van der Waals surface area contributed by atoms with Crippen molar-refractivity contribution in [3.63, 3.8) is 0 Å². The second kappa shape index (κ2) is 10.4. The zero-order valence-corrected chi connectivity index (χ0v) is 19.1. The molecule has 5 rings (SSSR count). The minimum Gasteiger partial charge on any atom is -0.465 e. The third-order valence-electron chi connectivity index (χ3n) is 6.34. The number of carbonyl (C=O) groups excluding carboxylic acids is 1. The number of rotatable bonds is 6. The number of nitrogens with zero attached hydrogens (tertiary/aromatic N) is 2. The van der Waals surface area contributed by atoms with Crippen molar-refractivity contribution in [2.24, 2.45) is 0 Å². The van der Waals surface area contributed by atoms with Crippen molar-refractivity contribution < 1.29 is 9.21 Å². The highest BCUT2D eigenvalue weighted by Gasteiger charge is 2.29. The Morgan fingerprint density at radius 1 is 0.706 bits per heavy atom. The van der Waals surface area contributed by atoms with Crippen molar-refractivity contribution >= 4 is 17.6 Å². The Morgan fingerprint density at radius 2 is 1.26 bits per heavy atom. The van der Waals surface area contributed by atoms with Gasteiger partial charge in [-0.2, -0.15) is 0 Å². The van der Waals surface area contributed by atoms with E-state index in [0.717, 1.165) is 18.7 Å². The molecule has 1 aromatic heterocycles. The summed E-state index contributed by atoms with van der Waals surface area (Å²) in [6.07, 6.45) is 3.48. The smallest absolute Gasteiger partial charge is 0.254 e. The van der Waals surface area contributed by atoms with Crippen LogP contribution in [0.25, 0.3) is 11.6 Å². The molecule has 0 saturated carbocycles. The van der Waals surface area contributed by atoms with Gasteiger partial charge < -0.3 is 9.32 Å². The summed E-state index contributed by atoms with van der Waals surface area (Å²) in [5, 5.41) is 0. The molecule has 4 nitrogen and oxygen atoms in total. The number of amides is 1. The van der Waals surface area contributed by atoms with E-state index in [2.05, 4.69) is 65.6 Å². The van der Waals surface area contributed by atoms with Gasteiger partial charge in [0.15, 0.2) is 0 Å². The number of benzene rings is 3. The van der Waals surface area contributed by atoms with Crippen LogP contribution in [0.5, 0.6) is 0 Å². The van der Waals surface area contributed by atoms with Crippen LogP contribution in [-0.2, 0) is 4.79 Å². The third-order valence-corrected chi connectivity index (χ3v) is 6.34. The van der Waals surface area contributed by atoms with Gasteiger partial charge in [0.1, 0.15) is 5.76 Å². The van der Waals surface area contributed by atoms with Crippen LogP contribution in [-0.4, -0.2) is 41.9 Å². The fourth-order valence-electron chi connectivity index (χ4n) is 4.64. The monoisotopic (exact) mass is 448 g/mol. The van der Waals surface area contributed by atoms with Crippen LogP contribution in [0.3, 0.4) is 0 Å². The lowest BCUT2D eigenvalue weighted by Crippen LogP contribution is -2.50. The lowest BCUT2D eigenvalue weighted by Gasteiger charge is -2.40. The molecule has 0 atom stereocenters. The van der Waals surface area contributed by atoms with E-state index in [1.165, 1.54) is 11.1 Å². The predicted molar refractivity (Wildman–Crippen MR) is 136 cm³/mol. The van der Waals surface area contributed by atoms with Gasteiger partial charge in [0.25, 0.3) is 5.91 Å². The highest BCUT2D eigenvalue weighted by molar-refractivity contribution is 6.24. The largest absolute Gasteiger partial charge is 0.465 e. The van der Waals surface area contributed by atoms with E-state index >= 15 is 0 Å². The number of piperazine rings is 1. The zero-order valence-electron chi connectivity index (χ0n) is 19.1. The van der Waals surface area contributed by atoms with Crippen LogP contribution < -0.4 is 0 Å². The Hall–Kier alpha value is -3.89. The molecule has 170 valence electrons. The second-order valence-corrected chi connectivity index (χ2v) is 8.49. The Morgan fingerprint density at radius 3 is 1.79 bits per heavy atom. The number of carbonyl (C=O) groups is 1. The maximum Gasteiger partial charge on any atom is 0.254 e. The van der Waals surface area contributed by atoms with Gasteiger partial charge in [0, 0.05) is 26.2 Å². The van der Waals surface area contributed by atoms with Crippen molar-refractivity contribution in [1.82, 2.24) is 9.80 Å². The van der Waals surface area contributed by atoms with Gasteiger partial charge in [-0.15, -0.1) is 0 Å².